The average Bonchev–Trinajstić information content (AvgIpc) is 2.82. The Balaban J connectivity index is 1.96. The molecule has 26 heavy (non-hydrogen) atoms. The summed E-state index contributed by atoms with van der Waals surface area (Å²) in [5.74, 6) is 0. The first-order valence-electron chi connectivity index (χ1n) is 10.3. The Bertz CT molecular complexity index is 630. The molecular formula is C21H36N3OP. The van der Waals surface area contributed by atoms with Gasteiger partial charge in [0.2, 0.25) is 0 Å². The monoisotopic (exact) mass is 377 g/mol. The molecule has 0 bridgehead atoms. The Hall–Kier alpha value is -0.670. The van der Waals surface area contributed by atoms with Crippen LogP contribution in [0.25, 0.3) is 0 Å². The Morgan fingerprint density at radius 3 is 1.81 bits per heavy atom. The number of benzene rings is 1. The van der Waals surface area contributed by atoms with E-state index in [1.54, 1.807) is 0 Å². The molecule has 2 aliphatic rings. The van der Waals surface area contributed by atoms with E-state index in [9.17, 15) is 4.57 Å². The molecule has 0 aromatic heterocycles. The van der Waals surface area contributed by atoms with Crippen LogP contribution in [0.3, 0.4) is 0 Å². The number of nitrogens with zero attached hydrogens (tertiary/aromatic N) is 2. The highest BCUT2D eigenvalue weighted by Crippen LogP contribution is 2.63. The van der Waals surface area contributed by atoms with Crippen LogP contribution in [0.2, 0.25) is 0 Å². The number of nitrogens with one attached hydrogen (secondary N) is 1. The van der Waals surface area contributed by atoms with Gasteiger partial charge in [-0.15, -0.1) is 0 Å². The molecule has 5 heteroatoms. The zero-order valence-electron chi connectivity index (χ0n) is 17.3. The summed E-state index contributed by atoms with van der Waals surface area (Å²) in [5, 5.41) is 3.62. The predicted octanol–water partition coefficient (Wildman–Crippen LogP) is 5.50. The van der Waals surface area contributed by atoms with Crippen molar-refractivity contribution in [1.82, 2.24) is 14.4 Å². The van der Waals surface area contributed by atoms with Gasteiger partial charge in [0.15, 0.2) is 0 Å². The Morgan fingerprint density at radius 2 is 1.38 bits per heavy atom. The lowest BCUT2D eigenvalue weighted by molar-refractivity contribution is 0.173. The summed E-state index contributed by atoms with van der Waals surface area (Å²) in [7, 11) is -2.82. The highest BCUT2D eigenvalue weighted by Gasteiger charge is 2.57. The van der Waals surface area contributed by atoms with E-state index in [0.717, 1.165) is 12.8 Å². The fraction of sp³-hybridized carbons (Fsp3) is 0.714. The van der Waals surface area contributed by atoms with Crippen LogP contribution in [-0.2, 0) is 4.57 Å². The fourth-order valence-corrected chi connectivity index (χ4v) is 8.69. The molecule has 3 rings (SSSR count). The van der Waals surface area contributed by atoms with E-state index in [1.807, 2.05) is 0 Å². The molecule has 0 amide bonds. The quantitative estimate of drug-likeness (QED) is 0.687. The minimum absolute atomic E-state index is 0.0593. The maximum Gasteiger partial charge on any atom is 0.285 e. The minimum Gasteiger partial charge on any atom is -0.270 e. The van der Waals surface area contributed by atoms with Crippen LogP contribution in [0.4, 0.5) is 0 Å². The van der Waals surface area contributed by atoms with Gasteiger partial charge in [0.1, 0.15) is 0 Å². The lowest BCUT2D eigenvalue weighted by Crippen LogP contribution is -2.43. The molecule has 0 radical (unpaired) electrons. The third-order valence-electron chi connectivity index (χ3n) is 6.00. The van der Waals surface area contributed by atoms with Gasteiger partial charge in [0.25, 0.3) is 7.59 Å². The van der Waals surface area contributed by atoms with Crippen molar-refractivity contribution < 1.29 is 4.57 Å². The van der Waals surface area contributed by atoms with Gasteiger partial charge in [-0.3, -0.25) is 4.57 Å². The molecule has 1 saturated heterocycles. The molecule has 0 spiro atoms. The van der Waals surface area contributed by atoms with Crippen molar-refractivity contribution in [1.29, 1.82) is 0 Å². The maximum absolute atomic E-state index is 14.5. The average molecular weight is 378 g/mol. The van der Waals surface area contributed by atoms with Crippen LogP contribution >= 0.6 is 7.59 Å². The van der Waals surface area contributed by atoms with Crippen molar-refractivity contribution in [2.45, 2.75) is 97.4 Å². The SMILES string of the molecule is Cc1ccc([C@@H](C)NP2(=O)N(C(C)C)[C@@H]3CCCC[C@H]3N2C(C)C)cc1. The van der Waals surface area contributed by atoms with E-state index < -0.39 is 7.59 Å². The molecule has 0 unspecified atom stereocenters. The van der Waals surface area contributed by atoms with Crippen molar-refractivity contribution in [3.05, 3.63) is 35.4 Å². The van der Waals surface area contributed by atoms with Crippen molar-refractivity contribution in [3.63, 3.8) is 0 Å². The van der Waals surface area contributed by atoms with E-state index in [-0.39, 0.29) is 18.1 Å². The molecule has 1 heterocycles. The molecule has 1 aliphatic carbocycles. The minimum atomic E-state index is -2.82. The van der Waals surface area contributed by atoms with Gasteiger partial charge >= 0.3 is 0 Å². The molecule has 1 N–H and O–H groups in total. The number of fused-ring (bicyclic) bond motifs is 1. The third kappa shape index (κ3) is 3.54. The van der Waals surface area contributed by atoms with Crippen molar-refractivity contribution in [2.24, 2.45) is 0 Å². The normalized spacial score (nSPS) is 27.8. The Labute approximate surface area is 159 Å². The first-order chi connectivity index (χ1) is 12.3. The van der Waals surface area contributed by atoms with E-state index in [2.05, 4.69) is 80.2 Å². The van der Waals surface area contributed by atoms with Crippen LogP contribution in [-0.4, -0.2) is 33.5 Å². The summed E-state index contributed by atoms with van der Waals surface area (Å²) < 4.78 is 19.2. The van der Waals surface area contributed by atoms with Gasteiger partial charge in [-0.05, 0) is 59.9 Å². The smallest absolute Gasteiger partial charge is 0.270 e. The zero-order valence-corrected chi connectivity index (χ0v) is 18.2. The molecule has 146 valence electrons. The zero-order chi connectivity index (χ0) is 19.1. The molecule has 1 aromatic carbocycles. The van der Waals surface area contributed by atoms with E-state index in [1.165, 1.54) is 24.0 Å². The number of hydrogen-bond acceptors (Lipinski definition) is 1. The predicted molar refractivity (Wildman–Crippen MR) is 110 cm³/mol. The van der Waals surface area contributed by atoms with Gasteiger partial charge in [-0.1, -0.05) is 42.7 Å². The molecule has 1 aliphatic heterocycles. The van der Waals surface area contributed by atoms with Crippen LogP contribution in [0.1, 0.15) is 77.5 Å². The fourth-order valence-electron chi connectivity index (χ4n) is 4.94. The van der Waals surface area contributed by atoms with Crippen LogP contribution in [0.5, 0.6) is 0 Å². The molecule has 1 aromatic rings. The van der Waals surface area contributed by atoms with E-state index in [0.29, 0.717) is 12.1 Å². The summed E-state index contributed by atoms with van der Waals surface area (Å²) >= 11 is 0. The lowest BCUT2D eigenvalue weighted by Gasteiger charge is -2.38. The van der Waals surface area contributed by atoms with Crippen molar-refractivity contribution >= 4 is 7.59 Å². The van der Waals surface area contributed by atoms with Gasteiger partial charge in [0, 0.05) is 30.2 Å². The third-order valence-corrected chi connectivity index (χ3v) is 9.49. The molecular weight excluding hydrogens is 341 g/mol. The first-order valence-corrected chi connectivity index (χ1v) is 11.9. The van der Waals surface area contributed by atoms with Gasteiger partial charge in [-0.25, -0.2) is 14.4 Å². The second-order valence-corrected chi connectivity index (χ2v) is 10.9. The lowest BCUT2D eigenvalue weighted by atomic mass is 9.89. The highest BCUT2D eigenvalue weighted by atomic mass is 31.2. The number of aryl methyl sites for hydroxylation is 1. The summed E-state index contributed by atoms with van der Waals surface area (Å²) in [6.45, 7) is 13.0. The first kappa shape index (κ1) is 20.1. The molecule has 2 fully saturated rings. The van der Waals surface area contributed by atoms with Gasteiger partial charge < -0.3 is 0 Å². The Morgan fingerprint density at radius 1 is 0.923 bits per heavy atom. The van der Waals surface area contributed by atoms with Crippen LogP contribution < -0.4 is 5.09 Å². The summed E-state index contributed by atoms with van der Waals surface area (Å²) in [6, 6.07) is 10.0. The Kier molecular flexibility index (Phi) is 5.99. The topological polar surface area (TPSA) is 35.6 Å². The summed E-state index contributed by atoms with van der Waals surface area (Å²) in [6.07, 6.45) is 4.83. The standard InChI is InChI=1S/C21H36N3OP/c1-15(2)23-20-9-7-8-10-21(20)24(16(3)4)26(23,25)22-18(6)19-13-11-17(5)12-14-19/h11-16,18,20-21H,7-10H2,1-6H3,(H,22,25)/t18-,20-,21-/m1/s1. The summed E-state index contributed by atoms with van der Waals surface area (Å²) in [4.78, 5) is 0. The number of rotatable bonds is 5. The van der Waals surface area contributed by atoms with Crippen molar-refractivity contribution in [3.8, 4) is 0 Å². The second kappa shape index (κ2) is 7.75. The van der Waals surface area contributed by atoms with Gasteiger partial charge in [-0.2, -0.15) is 0 Å². The van der Waals surface area contributed by atoms with E-state index in [4.69, 9.17) is 0 Å². The van der Waals surface area contributed by atoms with Gasteiger partial charge in [0.05, 0.1) is 0 Å². The molecule has 1 saturated carbocycles. The number of hydrogen-bond donors (Lipinski definition) is 1. The van der Waals surface area contributed by atoms with Crippen molar-refractivity contribution in [2.75, 3.05) is 0 Å². The molecule has 4 nitrogen and oxygen atoms in total. The maximum atomic E-state index is 14.5. The largest absolute Gasteiger partial charge is 0.285 e. The van der Waals surface area contributed by atoms with Crippen LogP contribution in [0, 0.1) is 6.92 Å². The highest BCUT2D eigenvalue weighted by molar-refractivity contribution is 7.57. The van der Waals surface area contributed by atoms with Crippen LogP contribution in [0.15, 0.2) is 24.3 Å². The summed E-state index contributed by atoms with van der Waals surface area (Å²) in [5.41, 5.74) is 2.46. The molecule has 3 atom stereocenters. The second-order valence-electron chi connectivity index (χ2n) is 8.67. The van der Waals surface area contributed by atoms with E-state index >= 15 is 0 Å².